The van der Waals surface area contributed by atoms with Gasteiger partial charge in [0.1, 0.15) is 0 Å². The summed E-state index contributed by atoms with van der Waals surface area (Å²) in [5.41, 5.74) is 3.75. The molecule has 1 aliphatic heterocycles. The van der Waals surface area contributed by atoms with Crippen molar-refractivity contribution in [3.8, 4) is 0 Å². The molecule has 0 bridgehead atoms. The predicted molar refractivity (Wildman–Crippen MR) is 93.4 cm³/mol. The highest BCUT2D eigenvalue weighted by molar-refractivity contribution is 5.75. The molecule has 1 fully saturated rings. The van der Waals surface area contributed by atoms with Gasteiger partial charge in [0.25, 0.3) is 0 Å². The Morgan fingerprint density at radius 2 is 1.87 bits per heavy atom. The average molecular weight is 308 g/mol. The van der Waals surface area contributed by atoms with E-state index in [1.54, 1.807) is 0 Å². The van der Waals surface area contributed by atoms with Crippen LogP contribution in [0.1, 0.15) is 35.6 Å². The minimum atomic E-state index is 0.0593. The molecule has 1 aliphatic rings. The van der Waals surface area contributed by atoms with Gasteiger partial charge in [-0.15, -0.1) is 0 Å². The third kappa shape index (κ3) is 3.92. The molecule has 1 heterocycles. The molecule has 120 valence electrons. The molecule has 3 rings (SSSR count). The maximum atomic E-state index is 12.5. The summed E-state index contributed by atoms with van der Waals surface area (Å²) in [5, 5.41) is 3.07. The second-order valence-electron chi connectivity index (χ2n) is 6.23. The largest absolute Gasteiger partial charge is 0.338 e. The maximum absolute atomic E-state index is 12.5. The van der Waals surface area contributed by atoms with Gasteiger partial charge in [0.05, 0.1) is 6.04 Å². The second kappa shape index (κ2) is 7.32. The van der Waals surface area contributed by atoms with Crippen LogP contribution in [0, 0.1) is 6.92 Å². The van der Waals surface area contributed by atoms with Gasteiger partial charge < -0.3 is 10.2 Å². The number of carbonyl (C=O) groups is 1. The van der Waals surface area contributed by atoms with Gasteiger partial charge in [-0.3, -0.25) is 0 Å². The van der Waals surface area contributed by atoms with Crippen LogP contribution in [0.2, 0.25) is 0 Å². The molecular weight excluding hydrogens is 284 g/mol. The number of hydrogen-bond acceptors (Lipinski definition) is 1. The summed E-state index contributed by atoms with van der Waals surface area (Å²) in [6.07, 6.45) is 3.00. The van der Waals surface area contributed by atoms with Crippen LogP contribution >= 0.6 is 0 Å². The summed E-state index contributed by atoms with van der Waals surface area (Å²) in [6.45, 7) is 3.61. The Morgan fingerprint density at radius 3 is 2.61 bits per heavy atom. The lowest BCUT2D eigenvalue weighted by Crippen LogP contribution is -2.40. The summed E-state index contributed by atoms with van der Waals surface area (Å²) in [6, 6.07) is 19.1. The monoisotopic (exact) mass is 308 g/mol. The van der Waals surface area contributed by atoms with Gasteiger partial charge >= 0.3 is 6.03 Å². The Labute approximate surface area is 138 Å². The van der Waals surface area contributed by atoms with E-state index in [2.05, 4.69) is 48.6 Å². The van der Waals surface area contributed by atoms with Gasteiger partial charge in [-0.25, -0.2) is 4.79 Å². The standard InChI is InChI=1S/C20H24N2O/c1-16-9-11-18(12-10-16)19-8-5-15-22(19)20(23)21-14-13-17-6-3-2-4-7-17/h2-4,6-7,9-12,19H,5,8,13-15H2,1H3,(H,21,23)/t19-/m1/s1. The number of aryl methyl sites for hydroxylation is 1. The van der Waals surface area contributed by atoms with Crippen LogP contribution in [-0.4, -0.2) is 24.0 Å². The smallest absolute Gasteiger partial charge is 0.317 e. The number of amides is 2. The van der Waals surface area contributed by atoms with Crippen LogP contribution in [0.4, 0.5) is 4.79 Å². The van der Waals surface area contributed by atoms with Gasteiger partial charge in [0.15, 0.2) is 0 Å². The average Bonchev–Trinajstić information content (AvgIpc) is 3.06. The molecule has 0 aromatic heterocycles. The molecule has 0 aliphatic carbocycles. The first-order valence-corrected chi connectivity index (χ1v) is 8.39. The van der Waals surface area contributed by atoms with Gasteiger partial charge in [-0.05, 0) is 37.3 Å². The highest BCUT2D eigenvalue weighted by Crippen LogP contribution is 2.31. The van der Waals surface area contributed by atoms with Crippen molar-refractivity contribution in [2.45, 2.75) is 32.2 Å². The van der Waals surface area contributed by atoms with E-state index in [0.29, 0.717) is 6.54 Å². The van der Waals surface area contributed by atoms with Gasteiger partial charge in [-0.1, -0.05) is 60.2 Å². The van der Waals surface area contributed by atoms with E-state index in [9.17, 15) is 4.79 Å². The van der Waals surface area contributed by atoms with Crippen molar-refractivity contribution in [3.05, 3.63) is 71.3 Å². The van der Waals surface area contributed by atoms with Crippen molar-refractivity contribution < 1.29 is 4.79 Å². The first-order chi connectivity index (χ1) is 11.2. The molecule has 1 N–H and O–H groups in total. The minimum absolute atomic E-state index is 0.0593. The molecule has 0 unspecified atom stereocenters. The summed E-state index contributed by atoms with van der Waals surface area (Å²) >= 11 is 0. The van der Waals surface area contributed by atoms with Crippen LogP contribution in [0.3, 0.4) is 0 Å². The lowest BCUT2D eigenvalue weighted by molar-refractivity contribution is 0.193. The van der Waals surface area contributed by atoms with Crippen LogP contribution in [0.25, 0.3) is 0 Å². The summed E-state index contributed by atoms with van der Waals surface area (Å²) in [4.78, 5) is 14.5. The Bertz CT molecular complexity index is 636. The van der Waals surface area contributed by atoms with E-state index in [-0.39, 0.29) is 12.1 Å². The van der Waals surface area contributed by atoms with E-state index in [1.807, 2.05) is 23.1 Å². The lowest BCUT2D eigenvalue weighted by atomic mass is 10.0. The van der Waals surface area contributed by atoms with Crippen molar-refractivity contribution in [2.75, 3.05) is 13.1 Å². The molecule has 23 heavy (non-hydrogen) atoms. The molecule has 0 saturated carbocycles. The van der Waals surface area contributed by atoms with Gasteiger partial charge in [-0.2, -0.15) is 0 Å². The predicted octanol–water partition coefficient (Wildman–Crippen LogP) is 4.08. The first kappa shape index (κ1) is 15.6. The fourth-order valence-corrected chi connectivity index (χ4v) is 3.20. The van der Waals surface area contributed by atoms with Crippen LogP contribution in [-0.2, 0) is 6.42 Å². The molecule has 3 heteroatoms. The molecule has 2 amide bonds. The number of carbonyl (C=O) groups excluding carboxylic acids is 1. The third-order valence-electron chi connectivity index (χ3n) is 4.51. The minimum Gasteiger partial charge on any atom is -0.338 e. The number of likely N-dealkylation sites (tertiary alicyclic amines) is 1. The zero-order chi connectivity index (χ0) is 16.1. The molecule has 0 spiro atoms. The van der Waals surface area contributed by atoms with Gasteiger partial charge in [0, 0.05) is 13.1 Å². The van der Waals surface area contributed by atoms with Crippen molar-refractivity contribution in [1.29, 1.82) is 0 Å². The molecular formula is C20H24N2O. The highest BCUT2D eigenvalue weighted by Gasteiger charge is 2.29. The zero-order valence-electron chi connectivity index (χ0n) is 13.7. The number of nitrogens with one attached hydrogen (secondary N) is 1. The van der Waals surface area contributed by atoms with Crippen LogP contribution in [0.15, 0.2) is 54.6 Å². The van der Waals surface area contributed by atoms with E-state index in [0.717, 1.165) is 25.8 Å². The molecule has 1 saturated heterocycles. The SMILES string of the molecule is Cc1ccc([C@H]2CCCN2C(=O)NCCc2ccccc2)cc1. The molecule has 1 atom stereocenters. The van der Waals surface area contributed by atoms with E-state index < -0.39 is 0 Å². The normalized spacial score (nSPS) is 17.3. The van der Waals surface area contributed by atoms with Crippen molar-refractivity contribution in [2.24, 2.45) is 0 Å². The van der Waals surface area contributed by atoms with E-state index in [1.165, 1.54) is 16.7 Å². The molecule has 2 aromatic carbocycles. The summed E-state index contributed by atoms with van der Waals surface area (Å²) in [7, 11) is 0. The Morgan fingerprint density at radius 1 is 1.13 bits per heavy atom. The number of nitrogens with zero attached hydrogens (tertiary/aromatic N) is 1. The maximum Gasteiger partial charge on any atom is 0.317 e. The number of rotatable bonds is 4. The van der Waals surface area contributed by atoms with Crippen LogP contribution < -0.4 is 5.32 Å². The molecule has 3 nitrogen and oxygen atoms in total. The Kier molecular flexibility index (Phi) is 4.96. The van der Waals surface area contributed by atoms with Crippen molar-refractivity contribution >= 4 is 6.03 Å². The van der Waals surface area contributed by atoms with Crippen molar-refractivity contribution in [3.63, 3.8) is 0 Å². The zero-order valence-corrected chi connectivity index (χ0v) is 13.7. The van der Waals surface area contributed by atoms with Gasteiger partial charge in [0.2, 0.25) is 0 Å². The Hall–Kier alpha value is -2.29. The van der Waals surface area contributed by atoms with Crippen molar-refractivity contribution in [1.82, 2.24) is 10.2 Å². The quantitative estimate of drug-likeness (QED) is 0.906. The number of benzene rings is 2. The number of hydrogen-bond donors (Lipinski definition) is 1. The van der Waals surface area contributed by atoms with E-state index in [4.69, 9.17) is 0 Å². The molecule has 0 radical (unpaired) electrons. The Balaban J connectivity index is 1.56. The summed E-state index contributed by atoms with van der Waals surface area (Å²) in [5.74, 6) is 0. The lowest BCUT2D eigenvalue weighted by Gasteiger charge is -2.25. The topological polar surface area (TPSA) is 32.3 Å². The van der Waals surface area contributed by atoms with Crippen LogP contribution in [0.5, 0.6) is 0 Å². The van der Waals surface area contributed by atoms with E-state index >= 15 is 0 Å². The summed E-state index contributed by atoms with van der Waals surface area (Å²) < 4.78 is 0. The molecule has 2 aromatic rings. The number of urea groups is 1. The highest BCUT2D eigenvalue weighted by atomic mass is 16.2. The second-order valence-corrected chi connectivity index (χ2v) is 6.23. The third-order valence-corrected chi connectivity index (χ3v) is 4.51. The first-order valence-electron chi connectivity index (χ1n) is 8.39. The fourth-order valence-electron chi connectivity index (χ4n) is 3.20. The fraction of sp³-hybridized carbons (Fsp3) is 0.350.